The Hall–Kier alpha value is -1.26. The summed E-state index contributed by atoms with van der Waals surface area (Å²) in [5.41, 5.74) is 0. The minimum absolute atomic E-state index is 0.0318. The molecule has 0 saturated heterocycles. The van der Waals surface area contributed by atoms with Gasteiger partial charge in [0.05, 0.1) is 0 Å². The summed E-state index contributed by atoms with van der Waals surface area (Å²) < 4.78 is 0. The fourth-order valence-corrected chi connectivity index (χ4v) is 1.88. The van der Waals surface area contributed by atoms with E-state index in [9.17, 15) is 9.59 Å². The fourth-order valence-electron chi connectivity index (χ4n) is 1.88. The number of carbonyl (C=O) groups is 2. The highest BCUT2D eigenvalue weighted by molar-refractivity contribution is 5.74. The fraction of sp³-hybridized carbons (Fsp3) is 0.833. The molecule has 0 heterocycles. The molecule has 1 unspecified atom stereocenters. The Bertz CT molecular complexity index is 277. The summed E-state index contributed by atoms with van der Waals surface area (Å²) in [4.78, 5) is 23.9. The third kappa shape index (κ3) is 4.63. The second-order valence-corrected chi connectivity index (χ2v) is 4.83. The molecule has 1 atom stereocenters. The van der Waals surface area contributed by atoms with Crippen molar-refractivity contribution in [3.8, 4) is 0 Å². The van der Waals surface area contributed by atoms with Crippen molar-refractivity contribution in [3.63, 3.8) is 0 Å². The van der Waals surface area contributed by atoms with Gasteiger partial charge in [0.2, 0.25) is 0 Å². The van der Waals surface area contributed by atoms with Crippen molar-refractivity contribution in [1.29, 1.82) is 0 Å². The predicted molar refractivity (Wildman–Crippen MR) is 64.9 cm³/mol. The minimum atomic E-state index is -0.782. The van der Waals surface area contributed by atoms with E-state index in [0.29, 0.717) is 18.9 Å². The van der Waals surface area contributed by atoms with Gasteiger partial charge in [0.1, 0.15) is 0 Å². The number of urea groups is 1. The van der Waals surface area contributed by atoms with Crippen LogP contribution in [-0.4, -0.2) is 41.1 Å². The molecular weight excluding hydrogens is 220 g/mol. The molecule has 5 heteroatoms. The maximum Gasteiger partial charge on any atom is 0.317 e. The van der Waals surface area contributed by atoms with Crippen LogP contribution in [0.4, 0.5) is 4.79 Å². The van der Waals surface area contributed by atoms with Crippen LogP contribution in [0.15, 0.2) is 0 Å². The average molecular weight is 242 g/mol. The zero-order valence-corrected chi connectivity index (χ0v) is 10.6. The summed E-state index contributed by atoms with van der Waals surface area (Å²) in [6.45, 7) is 1.91. The highest BCUT2D eigenvalue weighted by Gasteiger charge is 2.25. The summed E-state index contributed by atoms with van der Waals surface area (Å²) in [5.74, 6) is -0.782. The van der Waals surface area contributed by atoms with E-state index >= 15 is 0 Å². The maximum atomic E-state index is 11.8. The molecule has 0 aromatic carbocycles. The van der Waals surface area contributed by atoms with Gasteiger partial charge in [-0.2, -0.15) is 0 Å². The first-order chi connectivity index (χ1) is 8.00. The molecule has 1 rings (SSSR count). The Kier molecular flexibility index (Phi) is 5.25. The van der Waals surface area contributed by atoms with Crippen molar-refractivity contribution >= 4 is 12.0 Å². The van der Waals surface area contributed by atoms with Gasteiger partial charge < -0.3 is 15.3 Å². The Morgan fingerprint density at radius 1 is 1.47 bits per heavy atom. The quantitative estimate of drug-likeness (QED) is 0.746. The molecule has 2 N–H and O–H groups in total. The van der Waals surface area contributed by atoms with Gasteiger partial charge >= 0.3 is 12.0 Å². The van der Waals surface area contributed by atoms with Crippen LogP contribution in [0.1, 0.15) is 45.4 Å². The number of rotatable bonds is 6. The number of nitrogens with zero attached hydrogens (tertiary/aromatic N) is 1. The van der Waals surface area contributed by atoms with E-state index in [-0.39, 0.29) is 18.5 Å². The highest BCUT2D eigenvalue weighted by Crippen LogP contribution is 2.23. The summed E-state index contributed by atoms with van der Waals surface area (Å²) in [5, 5.41) is 11.4. The Labute approximate surface area is 102 Å². The van der Waals surface area contributed by atoms with Gasteiger partial charge in [0.25, 0.3) is 0 Å². The van der Waals surface area contributed by atoms with Crippen molar-refractivity contribution in [1.82, 2.24) is 10.2 Å². The molecule has 1 fully saturated rings. The molecule has 0 aliphatic heterocycles. The normalized spacial score (nSPS) is 17.1. The molecule has 1 aliphatic rings. The van der Waals surface area contributed by atoms with E-state index in [1.54, 1.807) is 4.90 Å². The number of hydrogen-bond donors (Lipinski definition) is 2. The van der Waals surface area contributed by atoms with E-state index in [4.69, 9.17) is 5.11 Å². The largest absolute Gasteiger partial charge is 0.481 e. The van der Waals surface area contributed by atoms with E-state index in [1.807, 2.05) is 14.0 Å². The first kappa shape index (κ1) is 13.8. The lowest BCUT2D eigenvalue weighted by molar-refractivity contribution is -0.137. The molecule has 1 saturated carbocycles. The SMILES string of the molecule is CC(CCCC(=O)O)NC(=O)N(C)C1CCC1. The smallest absolute Gasteiger partial charge is 0.317 e. The van der Waals surface area contributed by atoms with Crippen LogP contribution in [0.3, 0.4) is 0 Å². The number of hydrogen-bond acceptors (Lipinski definition) is 2. The van der Waals surface area contributed by atoms with Crippen molar-refractivity contribution in [2.24, 2.45) is 0 Å². The monoisotopic (exact) mass is 242 g/mol. The van der Waals surface area contributed by atoms with Crippen molar-refractivity contribution in [2.45, 2.75) is 57.5 Å². The topological polar surface area (TPSA) is 69.6 Å². The second-order valence-electron chi connectivity index (χ2n) is 4.83. The molecule has 0 radical (unpaired) electrons. The molecule has 0 aromatic rings. The van der Waals surface area contributed by atoms with Gasteiger partial charge in [0.15, 0.2) is 0 Å². The van der Waals surface area contributed by atoms with Gasteiger partial charge in [0, 0.05) is 25.6 Å². The zero-order valence-electron chi connectivity index (χ0n) is 10.6. The summed E-state index contributed by atoms with van der Waals surface area (Å²) in [7, 11) is 1.82. The zero-order chi connectivity index (χ0) is 12.8. The van der Waals surface area contributed by atoms with Gasteiger partial charge in [-0.15, -0.1) is 0 Å². The average Bonchev–Trinajstić information content (AvgIpc) is 2.13. The minimum Gasteiger partial charge on any atom is -0.481 e. The molecule has 1 aliphatic carbocycles. The summed E-state index contributed by atoms with van der Waals surface area (Å²) >= 11 is 0. The summed E-state index contributed by atoms with van der Waals surface area (Å²) in [6.07, 6.45) is 4.87. The van der Waals surface area contributed by atoms with Crippen LogP contribution in [0.2, 0.25) is 0 Å². The molecule has 0 bridgehead atoms. The molecule has 98 valence electrons. The number of amides is 2. The standard InChI is InChI=1S/C12H22N2O3/c1-9(5-3-8-11(15)16)13-12(17)14(2)10-6-4-7-10/h9-10H,3-8H2,1-2H3,(H,13,17)(H,15,16). The Balaban J connectivity index is 2.17. The predicted octanol–water partition coefficient (Wildman–Crippen LogP) is 1.82. The third-order valence-corrected chi connectivity index (χ3v) is 3.34. The van der Waals surface area contributed by atoms with Crippen molar-refractivity contribution in [3.05, 3.63) is 0 Å². The van der Waals surface area contributed by atoms with Gasteiger partial charge in [-0.3, -0.25) is 4.79 Å². The lowest BCUT2D eigenvalue weighted by Crippen LogP contribution is -2.48. The first-order valence-corrected chi connectivity index (χ1v) is 6.26. The van der Waals surface area contributed by atoms with Crippen LogP contribution in [0.5, 0.6) is 0 Å². The molecular formula is C12H22N2O3. The van der Waals surface area contributed by atoms with E-state index in [0.717, 1.165) is 12.8 Å². The van der Waals surface area contributed by atoms with Crippen LogP contribution < -0.4 is 5.32 Å². The first-order valence-electron chi connectivity index (χ1n) is 6.26. The van der Waals surface area contributed by atoms with Crippen LogP contribution in [0, 0.1) is 0 Å². The maximum absolute atomic E-state index is 11.8. The van der Waals surface area contributed by atoms with Gasteiger partial charge in [-0.05, 0) is 39.0 Å². The van der Waals surface area contributed by atoms with Crippen LogP contribution in [0.25, 0.3) is 0 Å². The second kappa shape index (κ2) is 6.47. The van der Waals surface area contributed by atoms with Gasteiger partial charge in [-0.1, -0.05) is 0 Å². The van der Waals surface area contributed by atoms with Crippen molar-refractivity contribution < 1.29 is 14.7 Å². The molecule has 5 nitrogen and oxygen atoms in total. The number of aliphatic carboxylic acids is 1. The highest BCUT2D eigenvalue weighted by atomic mass is 16.4. The number of carbonyl (C=O) groups excluding carboxylic acids is 1. The van der Waals surface area contributed by atoms with E-state index in [2.05, 4.69) is 5.32 Å². The summed E-state index contributed by atoms with van der Waals surface area (Å²) in [6, 6.07) is 0.378. The van der Waals surface area contributed by atoms with Crippen LogP contribution >= 0.6 is 0 Å². The van der Waals surface area contributed by atoms with E-state index in [1.165, 1.54) is 6.42 Å². The number of carboxylic acids is 1. The molecule has 0 aromatic heterocycles. The Morgan fingerprint density at radius 3 is 2.59 bits per heavy atom. The Morgan fingerprint density at radius 2 is 2.12 bits per heavy atom. The van der Waals surface area contributed by atoms with Crippen molar-refractivity contribution in [2.75, 3.05) is 7.05 Å². The molecule has 17 heavy (non-hydrogen) atoms. The van der Waals surface area contributed by atoms with E-state index < -0.39 is 5.97 Å². The lowest BCUT2D eigenvalue weighted by Gasteiger charge is -2.35. The van der Waals surface area contributed by atoms with Crippen LogP contribution in [-0.2, 0) is 4.79 Å². The molecule has 2 amide bonds. The van der Waals surface area contributed by atoms with Gasteiger partial charge in [-0.25, -0.2) is 4.79 Å². The number of nitrogens with one attached hydrogen (secondary N) is 1. The lowest BCUT2D eigenvalue weighted by atomic mass is 9.92. The third-order valence-electron chi connectivity index (χ3n) is 3.34. The molecule has 0 spiro atoms. The number of carboxylic acid groups (broad SMARTS) is 1.